The molecule has 0 N–H and O–H groups in total. The van der Waals surface area contributed by atoms with Crippen LogP contribution in [0.15, 0.2) is 48.5 Å². The lowest BCUT2D eigenvalue weighted by molar-refractivity contribution is 0.187. The molecule has 3 heteroatoms. The molecule has 0 saturated carbocycles. The zero-order valence-corrected chi connectivity index (χ0v) is 15.2. The highest BCUT2D eigenvalue weighted by atomic mass is 19.1. The lowest BCUT2D eigenvalue weighted by Crippen LogP contribution is -2.34. The molecule has 1 heterocycles. The fourth-order valence-electron chi connectivity index (χ4n) is 3.33. The van der Waals surface area contributed by atoms with E-state index in [4.69, 9.17) is 4.74 Å². The van der Waals surface area contributed by atoms with Crippen molar-refractivity contribution in [2.45, 2.75) is 39.0 Å². The SMILES string of the molecule is CC1CCN(CCC(C)c2ccc(Oc3ccc(F)cc3)cc2)CC1. The molecule has 1 unspecified atom stereocenters. The molecule has 1 aliphatic heterocycles. The van der Waals surface area contributed by atoms with Crippen molar-refractivity contribution < 1.29 is 9.13 Å². The van der Waals surface area contributed by atoms with Crippen molar-refractivity contribution in [2.75, 3.05) is 19.6 Å². The summed E-state index contributed by atoms with van der Waals surface area (Å²) in [5.74, 6) is 2.62. The van der Waals surface area contributed by atoms with Gasteiger partial charge < -0.3 is 9.64 Å². The van der Waals surface area contributed by atoms with E-state index in [-0.39, 0.29) is 5.82 Å². The summed E-state index contributed by atoms with van der Waals surface area (Å²) in [5.41, 5.74) is 1.34. The van der Waals surface area contributed by atoms with Crippen LogP contribution in [0.5, 0.6) is 11.5 Å². The molecule has 0 aliphatic carbocycles. The van der Waals surface area contributed by atoms with Crippen LogP contribution < -0.4 is 4.74 Å². The van der Waals surface area contributed by atoms with E-state index < -0.39 is 0 Å². The molecule has 2 aromatic carbocycles. The quantitative estimate of drug-likeness (QED) is 0.654. The Morgan fingerprint density at radius 2 is 1.56 bits per heavy atom. The lowest BCUT2D eigenvalue weighted by atomic mass is 9.95. The van der Waals surface area contributed by atoms with Crippen molar-refractivity contribution in [3.05, 3.63) is 59.9 Å². The third-order valence-electron chi connectivity index (χ3n) is 5.25. The van der Waals surface area contributed by atoms with Crippen LogP contribution in [0, 0.1) is 11.7 Å². The van der Waals surface area contributed by atoms with Gasteiger partial charge in [-0.2, -0.15) is 0 Å². The molecule has 0 amide bonds. The molecular weight excluding hydrogens is 313 g/mol. The fourth-order valence-corrected chi connectivity index (χ4v) is 3.33. The molecule has 2 nitrogen and oxygen atoms in total. The molecule has 2 aromatic rings. The van der Waals surface area contributed by atoms with E-state index in [2.05, 4.69) is 30.9 Å². The van der Waals surface area contributed by atoms with Crippen LogP contribution in [-0.4, -0.2) is 24.5 Å². The maximum absolute atomic E-state index is 12.9. The topological polar surface area (TPSA) is 12.5 Å². The average molecular weight is 341 g/mol. The van der Waals surface area contributed by atoms with Crippen molar-refractivity contribution >= 4 is 0 Å². The monoisotopic (exact) mass is 341 g/mol. The number of hydrogen-bond donors (Lipinski definition) is 0. The predicted octanol–water partition coefficient (Wildman–Crippen LogP) is 5.84. The molecule has 134 valence electrons. The number of nitrogens with zero attached hydrogens (tertiary/aromatic N) is 1. The first-order valence-corrected chi connectivity index (χ1v) is 9.36. The average Bonchev–Trinajstić information content (AvgIpc) is 2.63. The fraction of sp³-hybridized carbons (Fsp3) is 0.455. The second-order valence-electron chi connectivity index (χ2n) is 7.34. The van der Waals surface area contributed by atoms with Crippen LogP contribution in [0.2, 0.25) is 0 Å². The summed E-state index contributed by atoms with van der Waals surface area (Å²) in [7, 11) is 0. The van der Waals surface area contributed by atoms with Gasteiger partial charge in [-0.1, -0.05) is 26.0 Å². The van der Waals surface area contributed by atoms with Gasteiger partial charge in [0.15, 0.2) is 0 Å². The van der Waals surface area contributed by atoms with Gasteiger partial charge in [0.05, 0.1) is 0 Å². The van der Waals surface area contributed by atoms with Crippen LogP contribution in [0.1, 0.15) is 44.6 Å². The molecule has 25 heavy (non-hydrogen) atoms. The molecule has 1 aliphatic rings. The summed E-state index contributed by atoms with van der Waals surface area (Å²) in [6, 6.07) is 14.4. The van der Waals surface area contributed by atoms with Crippen molar-refractivity contribution in [2.24, 2.45) is 5.92 Å². The number of ether oxygens (including phenoxy) is 1. The number of hydrogen-bond acceptors (Lipinski definition) is 2. The lowest BCUT2D eigenvalue weighted by Gasteiger charge is -2.31. The maximum Gasteiger partial charge on any atom is 0.127 e. The van der Waals surface area contributed by atoms with Gasteiger partial charge in [-0.3, -0.25) is 0 Å². The molecule has 1 atom stereocenters. The zero-order chi connectivity index (χ0) is 17.6. The molecule has 3 rings (SSSR count). The first-order valence-electron chi connectivity index (χ1n) is 9.36. The van der Waals surface area contributed by atoms with Crippen molar-refractivity contribution in [3.8, 4) is 11.5 Å². The Bertz CT molecular complexity index is 645. The molecule has 0 spiro atoms. The van der Waals surface area contributed by atoms with Crippen LogP contribution in [0.3, 0.4) is 0 Å². The first kappa shape index (κ1) is 17.9. The first-order chi connectivity index (χ1) is 12.1. The molecule has 0 bridgehead atoms. The minimum atomic E-state index is -0.250. The van der Waals surface area contributed by atoms with E-state index in [1.807, 2.05) is 12.1 Å². The highest BCUT2D eigenvalue weighted by Gasteiger charge is 2.16. The predicted molar refractivity (Wildman–Crippen MR) is 101 cm³/mol. The maximum atomic E-state index is 12.9. The van der Waals surface area contributed by atoms with E-state index in [0.717, 1.165) is 11.7 Å². The third-order valence-corrected chi connectivity index (χ3v) is 5.25. The standard InChI is InChI=1S/C22H28FNO/c1-17-11-14-24(15-12-17)16-13-18(2)19-3-7-21(8-4-19)25-22-9-5-20(23)6-10-22/h3-10,17-18H,11-16H2,1-2H3. The number of likely N-dealkylation sites (tertiary alicyclic amines) is 1. The van der Waals surface area contributed by atoms with Crippen LogP contribution in [-0.2, 0) is 0 Å². The van der Waals surface area contributed by atoms with Crippen molar-refractivity contribution in [1.29, 1.82) is 0 Å². The Hall–Kier alpha value is -1.87. The Morgan fingerprint density at radius 3 is 2.16 bits per heavy atom. The zero-order valence-electron chi connectivity index (χ0n) is 15.2. The summed E-state index contributed by atoms with van der Waals surface area (Å²) < 4.78 is 18.7. The van der Waals surface area contributed by atoms with Gasteiger partial charge in [0.25, 0.3) is 0 Å². The highest BCUT2D eigenvalue weighted by Crippen LogP contribution is 2.26. The molecule has 0 radical (unpaired) electrons. The Morgan fingerprint density at radius 1 is 1.00 bits per heavy atom. The Balaban J connectivity index is 1.50. The van der Waals surface area contributed by atoms with Gasteiger partial charge in [-0.25, -0.2) is 4.39 Å². The highest BCUT2D eigenvalue weighted by molar-refractivity contribution is 5.34. The summed E-state index contributed by atoms with van der Waals surface area (Å²) in [6.45, 7) is 8.33. The van der Waals surface area contributed by atoms with Gasteiger partial charge in [0.2, 0.25) is 0 Å². The minimum absolute atomic E-state index is 0.250. The third kappa shape index (κ3) is 5.30. The molecule has 0 aromatic heterocycles. The number of benzene rings is 2. The van der Waals surface area contributed by atoms with Crippen molar-refractivity contribution in [1.82, 2.24) is 4.90 Å². The van der Waals surface area contributed by atoms with Crippen LogP contribution in [0.4, 0.5) is 4.39 Å². The second kappa shape index (κ2) is 8.48. The second-order valence-corrected chi connectivity index (χ2v) is 7.34. The van der Waals surface area contributed by atoms with Gasteiger partial charge in [0, 0.05) is 0 Å². The van der Waals surface area contributed by atoms with Crippen LogP contribution in [0.25, 0.3) is 0 Å². The van der Waals surface area contributed by atoms with E-state index in [0.29, 0.717) is 11.7 Å². The van der Waals surface area contributed by atoms with E-state index in [1.165, 1.54) is 56.6 Å². The smallest absolute Gasteiger partial charge is 0.127 e. The summed E-state index contributed by atoms with van der Waals surface area (Å²) in [5, 5.41) is 0. The summed E-state index contributed by atoms with van der Waals surface area (Å²) in [6.07, 6.45) is 3.86. The van der Waals surface area contributed by atoms with E-state index in [1.54, 1.807) is 12.1 Å². The largest absolute Gasteiger partial charge is 0.457 e. The number of piperidine rings is 1. The normalized spacial score (nSPS) is 17.4. The Labute approximate surface area is 150 Å². The van der Waals surface area contributed by atoms with Gasteiger partial charge >= 0.3 is 0 Å². The molecule has 1 fully saturated rings. The van der Waals surface area contributed by atoms with Crippen molar-refractivity contribution in [3.63, 3.8) is 0 Å². The summed E-state index contributed by atoms with van der Waals surface area (Å²) >= 11 is 0. The summed E-state index contributed by atoms with van der Waals surface area (Å²) in [4.78, 5) is 2.60. The van der Waals surface area contributed by atoms with E-state index >= 15 is 0 Å². The number of halogens is 1. The van der Waals surface area contributed by atoms with Gasteiger partial charge in [-0.15, -0.1) is 0 Å². The molecular formula is C22H28FNO. The minimum Gasteiger partial charge on any atom is -0.457 e. The number of rotatable bonds is 6. The van der Waals surface area contributed by atoms with E-state index in [9.17, 15) is 4.39 Å². The molecule has 1 saturated heterocycles. The van der Waals surface area contributed by atoms with Gasteiger partial charge in [0.1, 0.15) is 17.3 Å². The van der Waals surface area contributed by atoms with Gasteiger partial charge in [-0.05, 0) is 92.7 Å². The van der Waals surface area contributed by atoms with Crippen LogP contribution >= 0.6 is 0 Å². The Kier molecular flexibility index (Phi) is 6.09.